The topological polar surface area (TPSA) is 27.1 Å². The Morgan fingerprint density at radius 2 is 2.00 bits per heavy atom. The van der Waals surface area contributed by atoms with E-state index in [0.717, 1.165) is 11.3 Å². The van der Waals surface area contributed by atoms with Crippen LogP contribution in [0.25, 0.3) is 0 Å². The number of hydrogen-bond donors (Lipinski definition) is 0. The average molecular weight is 306 g/mol. The summed E-state index contributed by atoms with van der Waals surface area (Å²) in [5, 5.41) is 5.20. The van der Waals surface area contributed by atoms with Crippen molar-refractivity contribution in [1.29, 1.82) is 0 Å². The summed E-state index contributed by atoms with van der Waals surface area (Å²) in [6, 6.07) is 5.08. The van der Waals surface area contributed by atoms with Crippen molar-refractivity contribution in [2.24, 2.45) is 7.05 Å². The van der Waals surface area contributed by atoms with E-state index in [4.69, 9.17) is 39.5 Å². The lowest BCUT2D eigenvalue weighted by Crippen LogP contribution is -1.96. The molecule has 2 aromatic rings. The van der Waals surface area contributed by atoms with Crippen LogP contribution in [0.1, 0.15) is 11.3 Å². The molecule has 0 fully saturated rings. The average Bonchev–Trinajstić information content (AvgIpc) is 2.58. The summed E-state index contributed by atoms with van der Waals surface area (Å²) >= 11 is 17.7. The van der Waals surface area contributed by atoms with Crippen LogP contribution in [0.4, 0.5) is 0 Å². The van der Waals surface area contributed by atoms with Crippen LogP contribution in [0.2, 0.25) is 10.0 Å². The summed E-state index contributed by atoms with van der Waals surface area (Å²) in [5.74, 6) is 1.55. The number of benzene rings is 1. The third-order valence-corrected chi connectivity index (χ3v) is 3.53. The summed E-state index contributed by atoms with van der Waals surface area (Å²) in [6.07, 6.45) is 0. The summed E-state index contributed by atoms with van der Waals surface area (Å²) in [5.41, 5.74) is 1.72. The molecule has 2 rings (SSSR count). The summed E-state index contributed by atoms with van der Waals surface area (Å²) in [7, 11) is 1.80. The molecule has 1 aromatic heterocycles. The minimum absolute atomic E-state index is 0.344. The number of aromatic nitrogens is 2. The molecule has 0 unspecified atom stereocenters. The second-order valence-corrected chi connectivity index (χ2v) is 4.89. The van der Waals surface area contributed by atoms with E-state index in [1.165, 1.54) is 0 Å². The highest BCUT2D eigenvalue weighted by molar-refractivity contribution is 6.42. The number of aryl methyl sites for hydroxylation is 2. The number of halogens is 3. The zero-order chi connectivity index (χ0) is 13.3. The molecular formula is C12H11Cl3N2O. The number of ether oxygens (including phenoxy) is 1. The highest BCUT2D eigenvalue weighted by Crippen LogP contribution is 2.32. The summed E-state index contributed by atoms with van der Waals surface area (Å²) in [6.45, 7) is 1.89. The molecule has 0 bridgehead atoms. The van der Waals surface area contributed by atoms with E-state index in [9.17, 15) is 0 Å². The fourth-order valence-corrected chi connectivity index (χ4v) is 2.21. The molecule has 6 heteroatoms. The van der Waals surface area contributed by atoms with Gasteiger partial charge in [0, 0.05) is 13.1 Å². The lowest BCUT2D eigenvalue weighted by molar-refractivity contribution is 0.427. The van der Waals surface area contributed by atoms with Gasteiger partial charge in [0.15, 0.2) is 0 Å². The van der Waals surface area contributed by atoms with Gasteiger partial charge in [0.25, 0.3) is 0 Å². The Kier molecular flexibility index (Phi) is 4.05. The van der Waals surface area contributed by atoms with Gasteiger partial charge in [0.2, 0.25) is 5.88 Å². The standard InChI is InChI=1S/C12H11Cl3N2O/c1-7-9(6-13)12(17(2)16-7)18-8-3-4-10(14)11(15)5-8/h3-5H,6H2,1-2H3. The monoisotopic (exact) mass is 304 g/mol. The van der Waals surface area contributed by atoms with Crippen LogP contribution in [-0.4, -0.2) is 9.78 Å². The number of rotatable bonds is 3. The van der Waals surface area contributed by atoms with Crippen LogP contribution in [0, 0.1) is 6.92 Å². The molecule has 3 nitrogen and oxygen atoms in total. The molecule has 0 saturated heterocycles. The number of alkyl halides is 1. The Bertz CT molecular complexity index is 581. The van der Waals surface area contributed by atoms with E-state index in [1.54, 1.807) is 29.9 Å². The van der Waals surface area contributed by atoms with Crippen LogP contribution < -0.4 is 4.74 Å². The molecule has 1 heterocycles. The van der Waals surface area contributed by atoms with E-state index in [-0.39, 0.29) is 0 Å². The second-order valence-electron chi connectivity index (χ2n) is 3.80. The van der Waals surface area contributed by atoms with Gasteiger partial charge in [-0.15, -0.1) is 11.6 Å². The van der Waals surface area contributed by atoms with Gasteiger partial charge >= 0.3 is 0 Å². The van der Waals surface area contributed by atoms with Gasteiger partial charge in [0.05, 0.1) is 27.2 Å². The first-order valence-corrected chi connectivity index (χ1v) is 6.53. The van der Waals surface area contributed by atoms with Crippen molar-refractivity contribution < 1.29 is 4.74 Å². The van der Waals surface area contributed by atoms with Gasteiger partial charge in [-0.3, -0.25) is 0 Å². The van der Waals surface area contributed by atoms with Gasteiger partial charge in [-0.25, -0.2) is 4.68 Å². The highest BCUT2D eigenvalue weighted by Gasteiger charge is 2.14. The predicted molar refractivity (Wildman–Crippen MR) is 74.0 cm³/mol. The van der Waals surface area contributed by atoms with Crippen LogP contribution >= 0.6 is 34.8 Å². The first kappa shape index (κ1) is 13.5. The van der Waals surface area contributed by atoms with Crippen molar-refractivity contribution in [3.63, 3.8) is 0 Å². The number of nitrogens with zero attached hydrogens (tertiary/aromatic N) is 2. The summed E-state index contributed by atoms with van der Waals surface area (Å²) < 4.78 is 7.41. The van der Waals surface area contributed by atoms with Crippen LogP contribution in [-0.2, 0) is 12.9 Å². The Morgan fingerprint density at radius 3 is 2.61 bits per heavy atom. The quantitative estimate of drug-likeness (QED) is 0.777. The highest BCUT2D eigenvalue weighted by atomic mass is 35.5. The molecule has 1 aromatic carbocycles. The maximum absolute atomic E-state index is 5.94. The molecule has 0 aliphatic heterocycles. The third-order valence-electron chi connectivity index (χ3n) is 2.53. The van der Waals surface area contributed by atoms with Crippen LogP contribution in [0.3, 0.4) is 0 Å². The smallest absolute Gasteiger partial charge is 0.222 e. The van der Waals surface area contributed by atoms with Gasteiger partial charge in [-0.1, -0.05) is 23.2 Å². The molecule has 0 N–H and O–H groups in total. The minimum atomic E-state index is 0.344. The van der Waals surface area contributed by atoms with Crippen molar-refractivity contribution in [2.45, 2.75) is 12.8 Å². The van der Waals surface area contributed by atoms with E-state index in [1.807, 2.05) is 6.92 Å². The molecule has 0 amide bonds. The van der Waals surface area contributed by atoms with Gasteiger partial charge in [-0.05, 0) is 19.1 Å². The SMILES string of the molecule is Cc1nn(C)c(Oc2ccc(Cl)c(Cl)c2)c1CCl. The van der Waals surface area contributed by atoms with Gasteiger partial charge in [0.1, 0.15) is 5.75 Å². The fourth-order valence-electron chi connectivity index (χ4n) is 1.61. The molecule has 0 aliphatic carbocycles. The molecule has 0 atom stereocenters. The molecule has 0 spiro atoms. The molecule has 18 heavy (non-hydrogen) atoms. The summed E-state index contributed by atoms with van der Waals surface area (Å²) in [4.78, 5) is 0. The van der Waals surface area contributed by atoms with E-state index >= 15 is 0 Å². The Labute approximate surface area is 120 Å². The largest absolute Gasteiger partial charge is 0.439 e. The first-order chi connectivity index (χ1) is 8.52. The van der Waals surface area contributed by atoms with Crippen LogP contribution in [0.5, 0.6) is 11.6 Å². The maximum Gasteiger partial charge on any atom is 0.222 e. The lowest BCUT2D eigenvalue weighted by atomic mass is 10.3. The van der Waals surface area contributed by atoms with E-state index < -0.39 is 0 Å². The van der Waals surface area contributed by atoms with Gasteiger partial charge < -0.3 is 4.74 Å². The molecular weight excluding hydrogens is 295 g/mol. The molecule has 0 saturated carbocycles. The Morgan fingerprint density at radius 1 is 1.28 bits per heavy atom. The predicted octanol–water partition coefficient (Wildman–Crippen LogP) is 4.57. The van der Waals surface area contributed by atoms with Crippen LogP contribution in [0.15, 0.2) is 18.2 Å². The van der Waals surface area contributed by atoms with E-state index in [2.05, 4.69) is 5.10 Å². The normalized spacial score (nSPS) is 10.7. The Hall–Kier alpha value is -0.900. The van der Waals surface area contributed by atoms with Crippen molar-refractivity contribution in [3.05, 3.63) is 39.5 Å². The molecule has 0 aliphatic rings. The third kappa shape index (κ3) is 2.58. The minimum Gasteiger partial charge on any atom is -0.439 e. The first-order valence-electron chi connectivity index (χ1n) is 5.24. The van der Waals surface area contributed by atoms with E-state index in [0.29, 0.717) is 27.6 Å². The van der Waals surface area contributed by atoms with Gasteiger partial charge in [-0.2, -0.15) is 5.10 Å². The van der Waals surface area contributed by atoms with Crippen molar-refractivity contribution in [2.75, 3.05) is 0 Å². The molecule has 96 valence electrons. The van der Waals surface area contributed by atoms with Crippen molar-refractivity contribution >= 4 is 34.8 Å². The Balaban J connectivity index is 2.36. The second kappa shape index (κ2) is 5.39. The van der Waals surface area contributed by atoms with Crippen molar-refractivity contribution in [1.82, 2.24) is 9.78 Å². The zero-order valence-corrected chi connectivity index (χ0v) is 12.1. The maximum atomic E-state index is 5.94. The lowest BCUT2D eigenvalue weighted by Gasteiger charge is -2.08. The zero-order valence-electron chi connectivity index (χ0n) is 9.88. The van der Waals surface area contributed by atoms with Crippen molar-refractivity contribution in [3.8, 4) is 11.6 Å². The number of hydrogen-bond acceptors (Lipinski definition) is 2. The fraction of sp³-hybridized carbons (Fsp3) is 0.250. The molecule has 0 radical (unpaired) electrons.